The Bertz CT molecular complexity index is 904. The molecule has 0 spiro atoms. The normalized spacial score (nSPS) is 44.6. The maximum Gasteiger partial charge on any atom is 0.226 e. The second-order valence-corrected chi connectivity index (χ2v) is 13.7. The molecule has 0 aromatic carbocycles. The molecule has 4 saturated carbocycles. The van der Waals surface area contributed by atoms with Gasteiger partial charge in [0.15, 0.2) is 5.13 Å². The molecule has 4 fully saturated rings. The molecule has 5 nitrogen and oxygen atoms in total. The van der Waals surface area contributed by atoms with Crippen LogP contribution in [0.4, 0.5) is 5.13 Å². The van der Waals surface area contributed by atoms with E-state index in [1.54, 1.807) is 0 Å². The lowest BCUT2D eigenvalue weighted by Gasteiger charge is -2.62. The summed E-state index contributed by atoms with van der Waals surface area (Å²) in [6, 6.07) is 0. The number of rotatable bonds is 5. The fourth-order valence-electron chi connectivity index (χ4n) is 9.33. The third-order valence-electron chi connectivity index (χ3n) is 11.1. The van der Waals surface area contributed by atoms with Crippen molar-refractivity contribution in [3.63, 3.8) is 0 Å². The van der Waals surface area contributed by atoms with Gasteiger partial charge in [-0.25, -0.2) is 4.98 Å². The Morgan fingerprint density at radius 1 is 1.15 bits per heavy atom. The Kier molecular flexibility index (Phi) is 6.65. The van der Waals surface area contributed by atoms with Gasteiger partial charge in [0.05, 0.1) is 17.9 Å². The van der Waals surface area contributed by atoms with Gasteiger partial charge in [-0.05, 0) is 111 Å². The minimum Gasteiger partial charge on any atom is -0.393 e. The minimum absolute atomic E-state index is 0.0748. The predicted molar refractivity (Wildman–Crippen MR) is 136 cm³/mol. The molecule has 3 N–H and O–H groups in total. The molecule has 0 saturated heterocycles. The van der Waals surface area contributed by atoms with Crippen molar-refractivity contribution >= 4 is 22.4 Å². The number of aliphatic hydroxyl groups is 2. The average Bonchev–Trinajstić information content (AvgIpc) is 3.35. The first-order valence-corrected chi connectivity index (χ1v) is 14.6. The van der Waals surface area contributed by atoms with E-state index in [9.17, 15) is 15.0 Å². The molecule has 1 heterocycles. The van der Waals surface area contributed by atoms with Crippen LogP contribution in [0.25, 0.3) is 0 Å². The lowest BCUT2D eigenvalue weighted by molar-refractivity contribution is -0.174. The first-order chi connectivity index (χ1) is 16.1. The highest BCUT2D eigenvalue weighted by Crippen LogP contribution is 2.68. The number of nitrogens with one attached hydrogen (secondary N) is 1. The molecule has 0 aliphatic heterocycles. The first-order valence-electron chi connectivity index (χ1n) is 13.7. The highest BCUT2D eigenvalue weighted by Gasteiger charge is 2.62. The average molecular weight is 489 g/mol. The van der Waals surface area contributed by atoms with Gasteiger partial charge in [0.25, 0.3) is 0 Å². The van der Waals surface area contributed by atoms with Gasteiger partial charge >= 0.3 is 0 Å². The fraction of sp³-hybridized carbons (Fsp3) is 0.857. The van der Waals surface area contributed by atoms with E-state index in [0.29, 0.717) is 47.1 Å². The second kappa shape index (κ2) is 9.15. The Hall–Kier alpha value is -0.980. The highest BCUT2D eigenvalue weighted by atomic mass is 32.1. The maximum atomic E-state index is 12.5. The zero-order valence-corrected chi connectivity index (χ0v) is 22.2. The zero-order chi connectivity index (χ0) is 24.3. The Morgan fingerprint density at radius 3 is 2.62 bits per heavy atom. The summed E-state index contributed by atoms with van der Waals surface area (Å²) in [5.41, 5.74) is 1.49. The highest BCUT2D eigenvalue weighted by molar-refractivity contribution is 7.13. The van der Waals surface area contributed by atoms with Crippen LogP contribution in [0, 0.1) is 53.3 Å². The van der Waals surface area contributed by atoms with Gasteiger partial charge < -0.3 is 15.5 Å². The van der Waals surface area contributed by atoms with Gasteiger partial charge in [0.1, 0.15) is 0 Å². The third kappa shape index (κ3) is 4.16. The molecule has 1 aromatic rings. The van der Waals surface area contributed by atoms with E-state index in [1.807, 2.05) is 12.3 Å². The largest absolute Gasteiger partial charge is 0.393 e. The van der Waals surface area contributed by atoms with Crippen molar-refractivity contribution in [2.75, 3.05) is 5.32 Å². The molecule has 4 aliphatic rings. The molecule has 10 atom stereocenters. The molecular weight excluding hydrogens is 444 g/mol. The quantitative estimate of drug-likeness (QED) is 0.489. The van der Waals surface area contributed by atoms with E-state index in [-0.39, 0.29) is 28.9 Å². The van der Waals surface area contributed by atoms with Crippen molar-refractivity contribution in [2.45, 2.75) is 104 Å². The van der Waals surface area contributed by atoms with Gasteiger partial charge in [-0.2, -0.15) is 0 Å². The molecule has 0 unspecified atom stereocenters. The minimum atomic E-state index is -0.223. The number of thiazole rings is 1. The summed E-state index contributed by atoms with van der Waals surface area (Å²) >= 11 is 1.49. The number of hydrogen-bond donors (Lipinski definition) is 3. The molecule has 4 aliphatic carbocycles. The molecule has 190 valence electrons. The van der Waals surface area contributed by atoms with Crippen molar-refractivity contribution < 1.29 is 15.0 Å². The number of amides is 1. The van der Waals surface area contributed by atoms with E-state index < -0.39 is 0 Å². The number of nitrogens with zero attached hydrogens (tertiary/aromatic N) is 1. The topological polar surface area (TPSA) is 82.5 Å². The number of aryl methyl sites for hydroxylation is 1. The molecule has 0 radical (unpaired) electrons. The van der Waals surface area contributed by atoms with Crippen LogP contribution in [0.15, 0.2) is 5.38 Å². The SMILES string of the molecule is Cc1csc(NC(=O)CC[C@@H](C)[C@H]2CC[C@H]3[C@@H]4[C@@H](O)C[C@@H]5C[C@H](O)CC[C@]5(C)[C@H]4CC[C@]23C)n1. The molecular formula is C28H44N2O3S. The predicted octanol–water partition coefficient (Wildman–Crippen LogP) is 5.80. The van der Waals surface area contributed by atoms with Gasteiger partial charge in [0.2, 0.25) is 5.91 Å². The van der Waals surface area contributed by atoms with Crippen molar-refractivity contribution in [1.82, 2.24) is 4.98 Å². The van der Waals surface area contributed by atoms with Crippen molar-refractivity contribution in [1.29, 1.82) is 0 Å². The summed E-state index contributed by atoms with van der Waals surface area (Å²) in [5, 5.41) is 27.3. The van der Waals surface area contributed by atoms with Gasteiger partial charge in [0, 0.05) is 11.8 Å². The van der Waals surface area contributed by atoms with E-state index in [0.717, 1.165) is 37.8 Å². The van der Waals surface area contributed by atoms with Crippen LogP contribution in [-0.4, -0.2) is 33.3 Å². The Balaban J connectivity index is 1.25. The van der Waals surface area contributed by atoms with E-state index in [1.165, 1.54) is 37.0 Å². The summed E-state index contributed by atoms with van der Waals surface area (Å²) in [6.07, 6.45) is 9.76. The van der Waals surface area contributed by atoms with Gasteiger partial charge in [-0.15, -0.1) is 11.3 Å². The number of carbonyl (C=O) groups excluding carboxylic acids is 1. The van der Waals surface area contributed by atoms with Crippen LogP contribution in [0.5, 0.6) is 0 Å². The van der Waals surface area contributed by atoms with Crippen molar-refractivity contribution in [2.24, 2.45) is 46.3 Å². The van der Waals surface area contributed by atoms with Crippen LogP contribution in [0.3, 0.4) is 0 Å². The summed E-state index contributed by atoms with van der Waals surface area (Å²) in [6.45, 7) is 9.28. The van der Waals surface area contributed by atoms with Crippen molar-refractivity contribution in [3.05, 3.63) is 11.1 Å². The number of hydrogen-bond acceptors (Lipinski definition) is 5. The van der Waals surface area contributed by atoms with Crippen LogP contribution >= 0.6 is 11.3 Å². The monoisotopic (exact) mass is 488 g/mol. The zero-order valence-electron chi connectivity index (χ0n) is 21.4. The lowest BCUT2D eigenvalue weighted by atomic mass is 9.43. The smallest absolute Gasteiger partial charge is 0.226 e. The standard InChI is InChI=1S/C28H44N2O3S/c1-16(5-8-24(33)30-26-29-17(2)15-34-26)20-6-7-21-25-22(10-12-28(20,21)4)27(3)11-9-19(31)13-18(27)14-23(25)32/h15-16,18-23,25,31-32H,5-14H2,1-4H3,(H,29,30,33)/t16-,18+,19-,20-,21+,22+,23+,25+,27+,28-/m1/s1. The number of anilines is 1. The molecule has 1 amide bonds. The number of aromatic nitrogens is 1. The number of fused-ring (bicyclic) bond motifs is 5. The Labute approximate surface area is 209 Å². The Morgan fingerprint density at radius 2 is 1.88 bits per heavy atom. The molecule has 34 heavy (non-hydrogen) atoms. The number of aliphatic hydroxyl groups excluding tert-OH is 2. The second-order valence-electron chi connectivity index (χ2n) is 12.8. The summed E-state index contributed by atoms with van der Waals surface area (Å²) in [7, 11) is 0. The van der Waals surface area contributed by atoms with E-state index >= 15 is 0 Å². The first kappa shape index (κ1) is 24.7. The molecule has 0 bridgehead atoms. The lowest BCUT2D eigenvalue weighted by Crippen LogP contribution is -2.58. The van der Waals surface area contributed by atoms with E-state index in [4.69, 9.17) is 0 Å². The summed E-state index contributed by atoms with van der Waals surface area (Å²) in [4.78, 5) is 16.9. The van der Waals surface area contributed by atoms with Gasteiger partial charge in [-0.3, -0.25) is 4.79 Å². The molecule has 5 rings (SSSR count). The van der Waals surface area contributed by atoms with Crippen LogP contribution in [-0.2, 0) is 4.79 Å². The van der Waals surface area contributed by atoms with Crippen LogP contribution in [0.1, 0.15) is 90.7 Å². The fourth-order valence-corrected chi connectivity index (χ4v) is 10.0. The summed E-state index contributed by atoms with van der Waals surface area (Å²) < 4.78 is 0. The number of carbonyl (C=O) groups is 1. The maximum absolute atomic E-state index is 12.5. The molecule has 6 heteroatoms. The van der Waals surface area contributed by atoms with Gasteiger partial charge in [-0.1, -0.05) is 20.8 Å². The van der Waals surface area contributed by atoms with Crippen LogP contribution in [0.2, 0.25) is 0 Å². The third-order valence-corrected chi connectivity index (χ3v) is 12.0. The van der Waals surface area contributed by atoms with Crippen molar-refractivity contribution in [3.8, 4) is 0 Å². The summed E-state index contributed by atoms with van der Waals surface area (Å²) in [5.74, 6) is 3.25. The molecule has 1 aromatic heterocycles. The van der Waals surface area contributed by atoms with E-state index in [2.05, 4.69) is 31.1 Å². The van der Waals surface area contributed by atoms with Crippen LogP contribution < -0.4 is 5.32 Å².